The van der Waals surface area contributed by atoms with E-state index < -0.39 is 5.97 Å². The summed E-state index contributed by atoms with van der Waals surface area (Å²) in [4.78, 5) is 27.2. The summed E-state index contributed by atoms with van der Waals surface area (Å²) >= 11 is 0. The van der Waals surface area contributed by atoms with E-state index >= 15 is 0 Å². The molecule has 0 atom stereocenters. The number of rotatable bonds is 6. The van der Waals surface area contributed by atoms with Crippen molar-refractivity contribution < 1.29 is 14.7 Å². The summed E-state index contributed by atoms with van der Waals surface area (Å²) in [5, 5.41) is 14.4. The monoisotopic (exact) mass is 342 g/mol. The number of aromatic nitrogens is 2. The van der Waals surface area contributed by atoms with E-state index in [2.05, 4.69) is 26.4 Å². The van der Waals surface area contributed by atoms with Crippen LogP contribution in [0.25, 0.3) is 0 Å². The maximum absolute atomic E-state index is 11.8. The van der Waals surface area contributed by atoms with Gasteiger partial charge in [-0.05, 0) is 30.5 Å². The fourth-order valence-corrected chi connectivity index (χ4v) is 2.91. The SMILES string of the molecule is O=C(NCCc1cn2c(n1)CCCC2)NCc1ccc(C(=O)O)cc1. The van der Waals surface area contributed by atoms with Gasteiger partial charge in [0.15, 0.2) is 0 Å². The third-order valence-corrected chi connectivity index (χ3v) is 4.28. The van der Waals surface area contributed by atoms with E-state index in [0.29, 0.717) is 19.5 Å². The van der Waals surface area contributed by atoms with E-state index in [4.69, 9.17) is 5.11 Å². The van der Waals surface area contributed by atoms with Gasteiger partial charge in [0.1, 0.15) is 5.82 Å². The number of hydrogen-bond acceptors (Lipinski definition) is 3. The Morgan fingerprint density at radius 1 is 1.16 bits per heavy atom. The van der Waals surface area contributed by atoms with Crippen molar-refractivity contribution in [2.45, 2.75) is 38.8 Å². The van der Waals surface area contributed by atoms with Gasteiger partial charge in [0.2, 0.25) is 0 Å². The number of aromatic carboxylic acids is 1. The number of carbonyl (C=O) groups is 2. The first kappa shape index (κ1) is 17.0. The first-order chi connectivity index (χ1) is 12.1. The van der Waals surface area contributed by atoms with Crippen molar-refractivity contribution in [1.29, 1.82) is 0 Å². The van der Waals surface area contributed by atoms with Gasteiger partial charge in [-0.2, -0.15) is 0 Å². The summed E-state index contributed by atoms with van der Waals surface area (Å²) in [6.07, 6.45) is 6.23. The number of hydrogen-bond donors (Lipinski definition) is 3. The molecule has 3 rings (SSSR count). The standard InChI is InChI=1S/C18H22N4O3/c23-17(24)14-6-4-13(5-7-14)11-20-18(25)19-9-8-15-12-22-10-2-1-3-16(22)21-15/h4-7,12H,1-3,8-11H2,(H,23,24)(H2,19,20,25). The number of carboxylic acids is 1. The lowest BCUT2D eigenvalue weighted by Gasteiger charge is -2.11. The first-order valence-electron chi connectivity index (χ1n) is 8.50. The largest absolute Gasteiger partial charge is 0.478 e. The van der Waals surface area contributed by atoms with Crippen molar-refractivity contribution >= 4 is 12.0 Å². The Hall–Kier alpha value is -2.83. The summed E-state index contributed by atoms with van der Waals surface area (Å²) in [7, 11) is 0. The molecule has 1 aliphatic rings. The molecule has 0 saturated heterocycles. The lowest BCUT2D eigenvalue weighted by atomic mass is 10.1. The molecule has 0 saturated carbocycles. The van der Waals surface area contributed by atoms with Gasteiger partial charge in [-0.15, -0.1) is 0 Å². The van der Waals surface area contributed by atoms with Crippen molar-refractivity contribution in [3.8, 4) is 0 Å². The molecular weight excluding hydrogens is 320 g/mol. The minimum atomic E-state index is -0.960. The quantitative estimate of drug-likeness (QED) is 0.748. The maximum Gasteiger partial charge on any atom is 0.335 e. The van der Waals surface area contributed by atoms with Crippen LogP contribution in [-0.2, 0) is 25.9 Å². The maximum atomic E-state index is 11.8. The number of benzene rings is 1. The molecule has 0 unspecified atom stereocenters. The molecule has 2 aromatic rings. The van der Waals surface area contributed by atoms with Crippen LogP contribution in [0.3, 0.4) is 0 Å². The second kappa shape index (κ2) is 7.83. The lowest BCUT2D eigenvalue weighted by Crippen LogP contribution is -2.36. The van der Waals surface area contributed by atoms with Crippen molar-refractivity contribution in [3.63, 3.8) is 0 Å². The highest BCUT2D eigenvalue weighted by molar-refractivity contribution is 5.87. The van der Waals surface area contributed by atoms with Crippen molar-refractivity contribution in [2.24, 2.45) is 0 Å². The van der Waals surface area contributed by atoms with Crippen LogP contribution >= 0.6 is 0 Å². The number of nitrogens with zero attached hydrogens (tertiary/aromatic N) is 2. The van der Waals surface area contributed by atoms with Crippen molar-refractivity contribution in [1.82, 2.24) is 20.2 Å². The number of carboxylic acid groups (broad SMARTS) is 1. The van der Waals surface area contributed by atoms with Crippen molar-refractivity contribution in [2.75, 3.05) is 6.54 Å². The smallest absolute Gasteiger partial charge is 0.335 e. The van der Waals surface area contributed by atoms with Crippen LogP contribution in [-0.4, -0.2) is 33.2 Å². The molecule has 3 N–H and O–H groups in total. The molecule has 0 bridgehead atoms. The highest BCUT2D eigenvalue weighted by atomic mass is 16.4. The third-order valence-electron chi connectivity index (χ3n) is 4.28. The zero-order chi connectivity index (χ0) is 17.6. The van der Waals surface area contributed by atoms with Gasteiger partial charge in [0, 0.05) is 38.7 Å². The number of nitrogens with one attached hydrogen (secondary N) is 2. The second-order valence-electron chi connectivity index (χ2n) is 6.16. The lowest BCUT2D eigenvalue weighted by molar-refractivity contribution is 0.0697. The molecule has 1 aliphatic heterocycles. The Labute approximate surface area is 146 Å². The average Bonchev–Trinajstić information content (AvgIpc) is 3.03. The van der Waals surface area contributed by atoms with Gasteiger partial charge in [-0.3, -0.25) is 0 Å². The molecule has 0 fully saturated rings. The highest BCUT2D eigenvalue weighted by Gasteiger charge is 2.12. The van der Waals surface area contributed by atoms with Crippen LogP contribution in [0.15, 0.2) is 30.5 Å². The third kappa shape index (κ3) is 4.59. The van der Waals surface area contributed by atoms with Crippen molar-refractivity contribution in [3.05, 3.63) is 53.1 Å². The van der Waals surface area contributed by atoms with E-state index in [1.54, 1.807) is 12.1 Å². The Kier molecular flexibility index (Phi) is 5.33. The fourth-order valence-electron chi connectivity index (χ4n) is 2.91. The Morgan fingerprint density at radius 3 is 2.68 bits per heavy atom. The van der Waals surface area contributed by atoms with E-state index in [1.807, 2.05) is 0 Å². The van der Waals surface area contributed by atoms with Crippen LogP contribution < -0.4 is 10.6 Å². The number of imidazole rings is 1. The zero-order valence-electron chi connectivity index (χ0n) is 14.0. The molecule has 1 aromatic heterocycles. The summed E-state index contributed by atoms with van der Waals surface area (Å²) in [5.74, 6) is 0.189. The molecule has 7 heteroatoms. The number of amides is 2. The zero-order valence-corrected chi connectivity index (χ0v) is 14.0. The van der Waals surface area contributed by atoms with Gasteiger partial charge >= 0.3 is 12.0 Å². The normalized spacial score (nSPS) is 13.1. The van der Waals surface area contributed by atoms with E-state index in [-0.39, 0.29) is 11.6 Å². The van der Waals surface area contributed by atoms with Gasteiger partial charge in [-0.1, -0.05) is 12.1 Å². The van der Waals surface area contributed by atoms with Gasteiger partial charge in [-0.25, -0.2) is 14.6 Å². The molecule has 0 aliphatic carbocycles. The highest BCUT2D eigenvalue weighted by Crippen LogP contribution is 2.14. The molecule has 2 amide bonds. The molecule has 132 valence electrons. The molecule has 0 radical (unpaired) electrons. The minimum Gasteiger partial charge on any atom is -0.478 e. The molecular formula is C18H22N4O3. The molecule has 0 spiro atoms. The second-order valence-corrected chi connectivity index (χ2v) is 6.16. The van der Waals surface area contributed by atoms with Crippen LogP contribution in [0.5, 0.6) is 0 Å². The summed E-state index contributed by atoms with van der Waals surface area (Å²) < 4.78 is 2.21. The summed E-state index contributed by atoms with van der Waals surface area (Å²) in [6, 6.07) is 6.19. The average molecular weight is 342 g/mol. The molecule has 7 nitrogen and oxygen atoms in total. The predicted octanol–water partition coefficient (Wildman–Crippen LogP) is 1.96. The van der Waals surface area contributed by atoms with E-state index in [0.717, 1.165) is 30.0 Å². The molecule has 1 aromatic carbocycles. The van der Waals surface area contributed by atoms with Gasteiger partial charge in [0.05, 0.1) is 11.3 Å². The number of fused-ring (bicyclic) bond motifs is 1. The number of carbonyl (C=O) groups excluding carboxylic acids is 1. The summed E-state index contributed by atoms with van der Waals surface area (Å²) in [5.41, 5.74) is 2.10. The van der Waals surface area contributed by atoms with E-state index in [1.165, 1.54) is 25.0 Å². The number of urea groups is 1. The Balaban J connectivity index is 1.39. The van der Waals surface area contributed by atoms with Crippen LogP contribution in [0.1, 0.15) is 40.3 Å². The number of aryl methyl sites for hydroxylation is 2. The van der Waals surface area contributed by atoms with Gasteiger partial charge in [0.25, 0.3) is 0 Å². The predicted molar refractivity (Wildman–Crippen MR) is 92.5 cm³/mol. The molecule has 25 heavy (non-hydrogen) atoms. The van der Waals surface area contributed by atoms with Crippen LogP contribution in [0.4, 0.5) is 4.79 Å². The Bertz CT molecular complexity index is 729. The Morgan fingerprint density at radius 2 is 1.96 bits per heavy atom. The topological polar surface area (TPSA) is 96.3 Å². The van der Waals surface area contributed by atoms with Crippen LogP contribution in [0.2, 0.25) is 0 Å². The molecule has 2 heterocycles. The van der Waals surface area contributed by atoms with E-state index in [9.17, 15) is 9.59 Å². The summed E-state index contributed by atoms with van der Waals surface area (Å²) in [6.45, 7) is 1.92. The van der Waals surface area contributed by atoms with Crippen LogP contribution in [0, 0.1) is 0 Å². The fraction of sp³-hybridized carbons (Fsp3) is 0.389. The van der Waals surface area contributed by atoms with Gasteiger partial charge < -0.3 is 20.3 Å². The minimum absolute atomic E-state index is 0.232. The first-order valence-corrected chi connectivity index (χ1v) is 8.50.